The van der Waals surface area contributed by atoms with Gasteiger partial charge < -0.3 is 5.11 Å². The molecule has 2 aromatic rings. The molecule has 2 heteroatoms. The summed E-state index contributed by atoms with van der Waals surface area (Å²) in [4.78, 5) is 13.5. The van der Waals surface area contributed by atoms with Crippen LogP contribution in [-0.4, -0.2) is 10.9 Å². The molecular weight excluding hydrogens is 428 g/mol. The SMILES string of the molecule is CCCC(CC)c1ccc(C(CC)CCC)c(/C=C/C(=O)c2cccc(O)c2C(CC)CCC)c1. The third-order valence-electron chi connectivity index (χ3n) is 7.58. The highest BCUT2D eigenvalue weighted by molar-refractivity contribution is 6.08. The van der Waals surface area contributed by atoms with Gasteiger partial charge in [0.05, 0.1) is 0 Å². The van der Waals surface area contributed by atoms with Gasteiger partial charge in [0.1, 0.15) is 5.75 Å². The fourth-order valence-corrected chi connectivity index (χ4v) is 5.60. The Balaban J connectivity index is 2.52. The van der Waals surface area contributed by atoms with Crippen LogP contribution < -0.4 is 0 Å². The number of hydrogen-bond acceptors (Lipinski definition) is 2. The standard InChI is InChI=1S/C33H48O2/c1-7-14-24(10-4)27-19-21-29(25(11-5)15-8-2)28(23-27)20-22-31(34)30-17-13-18-32(35)33(30)26(12-6)16-9-3/h13,17-26,35H,7-12,14-16H2,1-6H3/b22-20+. The highest BCUT2D eigenvalue weighted by atomic mass is 16.3. The molecule has 1 N–H and O–H groups in total. The zero-order valence-corrected chi connectivity index (χ0v) is 23.1. The van der Waals surface area contributed by atoms with E-state index in [0.717, 1.165) is 50.5 Å². The highest BCUT2D eigenvalue weighted by Gasteiger charge is 2.21. The van der Waals surface area contributed by atoms with E-state index < -0.39 is 0 Å². The molecule has 3 unspecified atom stereocenters. The molecule has 35 heavy (non-hydrogen) atoms. The Kier molecular flexibility index (Phi) is 12.3. The molecular formula is C33H48O2. The first-order valence-electron chi connectivity index (χ1n) is 14.1. The van der Waals surface area contributed by atoms with Gasteiger partial charge in [0, 0.05) is 11.1 Å². The molecule has 0 fully saturated rings. The number of aromatic hydroxyl groups is 1. The maximum atomic E-state index is 13.5. The van der Waals surface area contributed by atoms with Crippen LogP contribution in [-0.2, 0) is 0 Å². The number of rotatable bonds is 15. The minimum absolute atomic E-state index is 0.0223. The van der Waals surface area contributed by atoms with E-state index in [0.29, 0.717) is 17.4 Å². The average Bonchev–Trinajstić information content (AvgIpc) is 2.87. The summed E-state index contributed by atoms with van der Waals surface area (Å²) in [5.41, 5.74) is 5.35. The molecule has 0 aliphatic rings. The molecule has 0 aliphatic carbocycles. The van der Waals surface area contributed by atoms with Crippen molar-refractivity contribution in [3.05, 3.63) is 70.3 Å². The number of ketones is 1. The Labute approximate surface area is 214 Å². The van der Waals surface area contributed by atoms with Gasteiger partial charge in [-0.2, -0.15) is 0 Å². The molecule has 0 aliphatic heterocycles. The lowest BCUT2D eigenvalue weighted by Gasteiger charge is -2.21. The smallest absolute Gasteiger partial charge is 0.186 e. The average molecular weight is 477 g/mol. The molecule has 0 saturated carbocycles. The van der Waals surface area contributed by atoms with Crippen molar-refractivity contribution in [2.24, 2.45) is 0 Å². The maximum Gasteiger partial charge on any atom is 0.186 e. The number of allylic oxidation sites excluding steroid dienone is 1. The fourth-order valence-electron chi connectivity index (χ4n) is 5.60. The Hall–Kier alpha value is -2.35. The van der Waals surface area contributed by atoms with Crippen molar-refractivity contribution in [2.45, 2.75) is 117 Å². The largest absolute Gasteiger partial charge is 0.508 e. The predicted molar refractivity (Wildman–Crippen MR) is 152 cm³/mol. The second-order valence-electron chi connectivity index (χ2n) is 10.0. The fraction of sp³-hybridized carbons (Fsp3) is 0.545. The van der Waals surface area contributed by atoms with E-state index in [-0.39, 0.29) is 17.5 Å². The van der Waals surface area contributed by atoms with Crippen LogP contribution in [0.3, 0.4) is 0 Å². The minimum atomic E-state index is -0.0223. The third-order valence-corrected chi connectivity index (χ3v) is 7.58. The first-order valence-corrected chi connectivity index (χ1v) is 14.1. The van der Waals surface area contributed by atoms with Crippen LogP contribution in [0.5, 0.6) is 5.75 Å². The first kappa shape index (κ1) is 28.9. The summed E-state index contributed by atoms with van der Waals surface area (Å²) in [6, 6.07) is 12.3. The van der Waals surface area contributed by atoms with E-state index in [1.807, 2.05) is 12.1 Å². The molecule has 0 amide bonds. The third kappa shape index (κ3) is 7.56. The molecule has 2 nitrogen and oxygen atoms in total. The van der Waals surface area contributed by atoms with Gasteiger partial charge in [0.25, 0.3) is 0 Å². The summed E-state index contributed by atoms with van der Waals surface area (Å²) in [5.74, 6) is 1.47. The molecule has 0 saturated heterocycles. The van der Waals surface area contributed by atoms with Crippen molar-refractivity contribution < 1.29 is 9.90 Å². The van der Waals surface area contributed by atoms with Crippen molar-refractivity contribution >= 4 is 11.9 Å². The number of benzene rings is 2. The number of phenolic OH excluding ortho intramolecular Hbond substituents is 1. The van der Waals surface area contributed by atoms with Gasteiger partial charge in [-0.15, -0.1) is 0 Å². The Morgan fingerprint density at radius 2 is 1.40 bits per heavy atom. The lowest BCUT2D eigenvalue weighted by Crippen LogP contribution is -2.07. The van der Waals surface area contributed by atoms with Crippen LogP contribution in [0.4, 0.5) is 0 Å². The molecule has 2 aromatic carbocycles. The van der Waals surface area contributed by atoms with Crippen LogP contribution in [0.1, 0.15) is 150 Å². The number of hydrogen-bond donors (Lipinski definition) is 1. The molecule has 2 rings (SSSR count). The number of carbonyl (C=O) groups excluding carboxylic acids is 1. The Bertz CT molecular complexity index is 956. The molecule has 0 spiro atoms. The summed E-state index contributed by atoms with van der Waals surface area (Å²) in [6.45, 7) is 13.3. The van der Waals surface area contributed by atoms with Crippen LogP contribution in [0.2, 0.25) is 0 Å². The molecule has 0 aromatic heterocycles. The second-order valence-corrected chi connectivity index (χ2v) is 10.0. The van der Waals surface area contributed by atoms with Crippen molar-refractivity contribution in [3.8, 4) is 5.75 Å². The van der Waals surface area contributed by atoms with Gasteiger partial charge in [-0.1, -0.05) is 97.2 Å². The van der Waals surface area contributed by atoms with Crippen LogP contribution in [0.25, 0.3) is 6.08 Å². The second kappa shape index (κ2) is 14.9. The minimum Gasteiger partial charge on any atom is -0.508 e. The van der Waals surface area contributed by atoms with Gasteiger partial charge >= 0.3 is 0 Å². The summed E-state index contributed by atoms with van der Waals surface area (Å²) >= 11 is 0. The Morgan fingerprint density at radius 1 is 0.800 bits per heavy atom. The zero-order chi connectivity index (χ0) is 25.8. The van der Waals surface area contributed by atoms with Gasteiger partial charge in [0.15, 0.2) is 5.78 Å². The van der Waals surface area contributed by atoms with Crippen molar-refractivity contribution in [3.63, 3.8) is 0 Å². The number of phenols is 1. The monoisotopic (exact) mass is 476 g/mol. The Morgan fingerprint density at radius 3 is 2.00 bits per heavy atom. The lowest BCUT2D eigenvalue weighted by molar-refractivity contribution is 0.104. The topological polar surface area (TPSA) is 37.3 Å². The zero-order valence-electron chi connectivity index (χ0n) is 23.1. The van der Waals surface area contributed by atoms with Crippen molar-refractivity contribution in [1.82, 2.24) is 0 Å². The summed E-state index contributed by atoms with van der Waals surface area (Å²) < 4.78 is 0. The molecule has 0 radical (unpaired) electrons. The molecule has 0 bridgehead atoms. The quantitative estimate of drug-likeness (QED) is 0.205. The van der Waals surface area contributed by atoms with Gasteiger partial charge in [-0.25, -0.2) is 0 Å². The maximum absolute atomic E-state index is 13.5. The van der Waals surface area contributed by atoms with Gasteiger partial charge in [0.2, 0.25) is 0 Å². The summed E-state index contributed by atoms with van der Waals surface area (Å²) in [7, 11) is 0. The van der Waals surface area contributed by atoms with E-state index in [1.165, 1.54) is 29.5 Å². The van der Waals surface area contributed by atoms with Crippen molar-refractivity contribution in [1.29, 1.82) is 0 Å². The normalized spacial score (nSPS) is 14.2. The van der Waals surface area contributed by atoms with Gasteiger partial charge in [-0.05, 0) is 85.1 Å². The lowest BCUT2D eigenvalue weighted by atomic mass is 9.84. The summed E-state index contributed by atoms with van der Waals surface area (Å²) in [6.07, 6.45) is 13.6. The first-order chi connectivity index (χ1) is 16.9. The van der Waals surface area contributed by atoms with E-state index in [1.54, 1.807) is 18.2 Å². The summed E-state index contributed by atoms with van der Waals surface area (Å²) in [5, 5.41) is 10.7. The van der Waals surface area contributed by atoms with Crippen LogP contribution >= 0.6 is 0 Å². The number of carbonyl (C=O) groups is 1. The van der Waals surface area contributed by atoms with E-state index in [4.69, 9.17) is 0 Å². The van der Waals surface area contributed by atoms with Crippen molar-refractivity contribution in [2.75, 3.05) is 0 Å². The molecule has 192 valence electrons. The van der Waals surface area contributed by atoms with Gasteiger partial charge in [-0.3, -0.25) is 4.79 Å². The molecule has 0 heterocycles. The van der Waals surface area contributed by atoms with E-state index in [2.05, 4.69) is 59.7 Å². The van der Waals surface area contributed by atoms with E-state index >= 15 is 0 Å². The predicted octanol–water partition coefficient (Wildman–Crippen LogP) is 10.2. The van der Waals surface area contributed by atoms with Crippen LogP contribution in [0.15, 0.2) is 42.5 Å². The van der Waals surface area contributed by atoms with Crippen LogP contribution in [0, 0.1) is 0 Å². The van der Waals surface area contributed by atoms with E-state index in [9.17, 15) is 9.90 Å². The highest BCUT2D eigenvalue weighted by Crippen LogP contribution is 2.36. The molecule has 3 atom stereocenters.